The summed E-state index contributed by atoms with van der Waals surface area (Å²) >= 11 is 0. The number of imidazole rings is 1. The molecule has 0 bridgehead atoms. The fourth-order valence-electron chi connectivity index (χ4n) is 1.80. The highest BCUT2D eigenvalue weighted by Gasteiger charge is 2.11. The predicted octanol–water partition coefficient (Wildman–Crippen LogP) is 2.03. The molecule has 0 fully saturated rings. The van der Waals surface area contributed by atoms with Crippen LogP contribution in [0.25, 0.3) is 16.9 Å². The van der Waals surface area contributed by atoms with Crippen molar-refractivity contribution in [1.82, 2.24) is 19.6 Å². The van der Waals surface area contributed by atoms with E-state index in [9.17, 15) is 0 Å². The van der Waals surface area contributed by atoms with Crippen molar-refractivity contribution in [2.45, 2.75) is 6.92 Å². The van der Waals surface area contributed by atoms with E-state index in [2.05, 4.69) is 15.1 Å². The van der Waals surface area contributed by atoms with Crippen LogP contribution in [-0.2, 0) is 0 Å². The van der Waals surface area contributed by atoms with E-state index in [-0.39, 0.29) is 0 Å². The third kappa shape index (κ3) is 1.15. The van der Waals surface area contributed by atoms with Crippen molar-refractivity contribution in [2.24, 2.45) is 0 Å². The molecule has 0 aliphatic rings. The predicted molar refractivity (Wildman–Crippen MR) is 57.5 cm³/mol. The summed E-state index contributed by atoms with van der Waals surface area (Å²) in [6, 6.07) is 5.88. The zero-order valence-corrected chi connectivity index (χ0v) is 8.31. The van der Waals surface area contributed by atoms with E-state index < -0.39 is 0 Å². The number of nitrogens with zero attached hydrogens (tertiary/aromatic N) is 3. The van der Waals surface area contributed by atoms with Gasteiger partial charge in [-0.1, -0.05) is 6.07 Å². The van der Waals surface area contributed by atoms with Crippen LogP contribution < -0.4 is 0 Å². The van der Waals surface area contributed by atoms with Crippen molar-refractivity contribution in [3.63, 3.8) is 0 Å². The maximum Gasteiger partial charge on any atom is 0.162 e. The van der Waals surface area contributed by atoms with Crippen LogP contribution in [-0.4, -0.2) is 19.6 Å². The van der Waals surface area contributed by atoms with Gasteiger partial charge in [0.05, 0.1) is 11.3 Å². The number of nitrogens with one attached hydrogen (secondary N) is 1. The number of rotatable bonds is 1. The minimum atomic E-state index is 0.922. The van der Waals surface area contributed by atoms with E-state index in [0.29, 0.717) is 0 Å². The van der Waals surface area contributed by atoms with Crippen molar-refractivity contribution in [1.29, 1.82) is 0 Å². The molecule has 3 heterocycles. The van der Waals surface area contributed by atoms with E-state index in [0.717, 1.165) is 22.6 Å². The maximum atomic E-state index is 4.34. The van der Waals surface area contributed by atoms with Gasteiger partial charge in [0, 0.05) is 24.3 Å². The van der Waals surface area contributed by atoms with Gasteiger partial charge >= 0.3 is 0 Å². The van der Waals surface area contributed by atoms with Crippen LogP contribution in [0.15, 0.2) is 36.8 Å². The second-order valence-corrected chi connectivity index (χ2v) is 3.45. The first-order chi connectivity index (χ1) is 7.36. The molecule has 1 N–H and O–H groups in total. The molecule has 15 heavy (non-hydrogen) atoms. The number of aromatic nitrogens is 4. The Hall–Kier alpha value is -2.10. The minimum Gasteiger partial charge on any atom is -0.296 e. The average Bonchev–Trinajstić information content (AvgIpc) is 2.78. The molecule has 3 rings (SSSR count). The first-order valence-corrected chi connectivity index (χ1v) is 4.79. The van der Waals surface area contributed by atoms with Crippen LogP contribution in [0.1, 0.15) is 5.69 Å². The quantitative estimate of drug-likeness (QED) is 0.650. The van der Waals surface area contributed by atoms with Gasteiger partial charge in [0.25, 0.3) is 0 Å². The molecule has 0 atom stereocenters. The van der Waals surface area contributed by atoms with Crippen molar-refractivity contribution in [3.8, 4) is 11.3 Å². The lowest BCUT2D eigenvalue weighted by Gasteiger charge is -1.96. The van der Waals surface area contributed by atoms with Gasteiger partial charge in [0.1, 0.15) is 0 Å². The second kappa shape index (κ2) is 2.95. The number of hydrogen-bond acceptors (Lipinski definition) is 2. The molecule has 74 valence electrons. The Morgan fingerprint density at radius 2 is 2.13 bits per heavy atom. The zero-order valence-electron chi connectivity index (χ0n) is 8.31. The van der Waals surface area contributed by atoms with E-state index in [1.54, 1.807) is 12.4 Å². The van der Waals surface area contributed by atoms with Gasteiger partial charge in [-0.15, -0.1) is 0 Å². The Kier molecular flexibility index (Phi) is 1.62. The minimum absolute atomic E-state index is 0.922. The summed E-state index contributed by atoms with van der Waals surface area (Å²) in [7, 11) is 0. The fourth-order valence-corrected chi connectivity index (χ4v) is 1.80. The number of hydrogen-bond donors (Lipinski definition) is 1. The highest BCUT2D eigenvalue weighted by Crippen LogP contribution is 2.24. The summed E-state index contributed by atoms with van der Waals surface area (Å²) in [5, 5.41) is 3.22. The first-order valence-electron chi connectivity index (χ1n) is 4.79. The van der Waals surface area contributed by atoms with Gasteiger partial charge in [-0.3, -0.25) is 10.1 Å². The van der Waals surface area contributed by atoms with Crippen molar-refractivity contribution >= 4 is 5.65 Å². The standard InChI is InChI=1S/C11H10N4/c1-8-10(9-4-2-3-5-12-9)11-13-6-7-15(11)14-8/h2-7,14H,1H3. The third-order valence-corrected chi connectivity index (χ3v) is 2.45. The SMILES string of the molecule is Cc1[nH]n2ccnc2c1-c1ccccn1. The van der Waals surface area contributed by atoms with Crippen molar-refractivity contribution in [2.75, 3.05) is 0 Å². The van der Waals surface area contributed by atoms with Crippen LogP contribution >= 0.6 is 0 Å². The van der Waals surface area contributed by atoms with Crippen molar-refractivity contribution in [3.05, 3.63) is 42.5 Å². The highest BCUT2D eigenvalue weighted by molar-refractivity contribution is 5.77. The molecular weight excluding hydrogens is 188 g/mol. The lowest BCUT2D eigenvalue weighted by Crippen LogP contribution is -1.83. The van der Waals surface area contributed by atoms with Crippen LogP contribution in [0.2, 0.25) is 0 Å². The second-order valence-electron chi connectivity index (χ2n) is 3.45. The highest BCUT2D eigenvalue weighted by atomic mass is 15.3. The van der Waals surface area contributed by atoms with Crippen LogP contribution in [0.5, 0.6) is 0 Å². The smallest absolute Gasteiger partial charge is 0.162 e. The molecular formula is C11H10N4. The summed E-state index contributed by atoms with van der Waals surface area (Å²) in [6.07, 6.45) is 5.47. The molecule has 0 radical (unpaired) electrons. The molecule has 0 unspecified atom stereocenters. The molecule has 4 heteroatoms. The lowest BCUT2D eigenvalue weighted by molar-refractivity contribution is 0.944. The third-order valence-electron chi connectivity index (χ3n) is 2.45. The molecule has 0 saturated carbocycles. The Bertz CT molecular complexity index is 591. The normalized spacial score (nSPS) is 11.0. The van der Waals surface area contributed by atoms with Gasteiger partial charge in [-0.05, 0) is 19.1 Å². The molecule has 3 aromatic rings. The van der Waals surface area contributed by atoms with E-state index in [4.69, 9.17) is 0 Å². The largest absolute Gasteiger partial charge is 0.296 e. The molecule has 0 aliphatic heterocycles. The average molecular weight is 198 g/mol. The van der Waals surface area contributed by atoms with Gasteiger partial charge in [-0.2, -0.15) is 0 Å². The van der Waals surface area contributed by atoms with Crippen molar-refractivity contribution < 1.29 is 0 Å². The Labute approximate surface area is 86.6 Å². The lowest BCUT2D eigenvalue weighted by atomic mass is 10.1. The molecule has 0 aliphatic carbocycles. The number of aromatic amines is 1. The Morgan fingerprint density at radius 1 is 1.20 bits per heavy atom. The topological polar surface area (TPSA) is 46.0 Å². The Balaban J connectivity index is 2.34. The number of H-pyrrole nitrogens is 1. The maximum absolute atomic E-state index is 4.34. The number of fused-ring (bicyclic) bond motifs is 1. The summed E-state index contributed by atoms with van der Waals surface area (Å²) in [5.74, 6) is 0. The van der Waals surface area contributed by atoms with Gasteiger partial charge in [-0.25, -0.2) is 9.50 Å². The molecule has 4 nitrogen and oxygen atoms in total. The fraction of sp³-hybridized carbons (Fsp3) is 0.0909. The van der Waals surface area contributed by atoms with E-state index in [1.165, 1.54) is 0 Å². The summed E-state index contributed by atoms with van der Waals surface area (Å²) in [5.41, 5.74) is 4.02. The summed E-state index contributed by atoms with van der Waals surface area (Å²) in [4.78, 5) is 8.65. The summed E-state index contributed by atoms with van der Waals surface area (Å²) < 4.78 is 1.90. The number of pyridine rings is 1. The van der Waals surface area contributed by atoms with Gasteiger partial charge in [0.15, 0.2) is 5.65 Å². The summed E-state index contributed by atoms with van der Waals surface area (Å²) in [6.45, 7) is 2.03. The molecule has 0 aromatic carbocycles. The van der Waals surface area contributed by atoms with Gasteiger partial charge in [0.2, 0.25) is 0 Å². The Morgan fingerprint density at radius 3 is 2.93 bits per heavy atom. The van der Waals surface area contributed by atoms with E-state index in [1.807, 2.05) is 35.8 Å². The number of aryl methyl sites for hydroxylation is 1. The van der Waals surface area contributed by atoms with E-state index >= 15 is 0 Å². The van der Waals surface area contributed by atoms with Crippen LogP contribution in [0.4, 0.5) is 0 Å². The van der Waals surface area contributed by atoms with Crippen LogP contribution in [0, 0.1) is 6.92 Å². The first kappa shape index (κ1) is 8.23. The van der Waals surface area contributed by atoms with Gasteiger partial charge < -0.3 is 0 Å². The zero-order chi connectivity index (χ0) is 10.3. The monoisotopic (exact) mass is 198 g/mol. The van der Waals surface area contributed by atoms with Crippen LogP contribution in [0.3, 0.4) is 0 Å². The molecule has 0 amide bonds. The molecule has 3 aromatic heterocycles. The molecule has 0 spiro atoms. The molecule has 0 saturated heterocycles.